The van der Waals surface area contributed by atoms with Gasteiger partial charge in [0, 0.05) is 22.8 Å². The maximum absolute atomic E-state index is 9.70. The third-order valence-electron chi connectivity index (χ3n) is 2.14. The molecule has 1 saturated heterocycles. The van der Waals surface area contributed by atoms with Crippen LogP contribution in [-0.2, 0) is 0 Å². The van der Waals surface area contributed by atoms with Gasteiger partial charge in [-0.15, -0.1) is 0 Å². The highest BCUT2D eigenvalue weighted by molar-refractivity contribution is 6.35. The van der Waals surface area contributed by atoms with Gasteiger partial charge in [-0.25, -0.2) is 0 Å². The summed E-state index contributed by atoms with van der Waals surface area (Å²) in [5.41, 5.74) is 1.63. The van der Waals surface area contributed by atoms with E-state index in [0.29, 0.717) is 10.6 Å². The summed E-state index contributed by atoms with van der Waals surface area (Å²) in [6.07, 6.45) is 1.83. The predicted molar refractivity (Wildman–Crippen MR) is 62.1 cm³/mol. The molecule has 2 rings (SSSR count). The van der Waals surface area contributed by atoms with Gasteiger partial charge in [0.15, 0.2) is 0 Å². The zero-order chi connectivity index (χ0) is 10.8. The zero-order valence-corrected chi connectivity index (χ0v) is 9.36. The summed E-state index contributed by atoms with van der Waals surface area (Å²) in [5.74, 6) is 0.0577. The van der Waals surface area contributed by atoms with Crippen molar-refractivity contribution in [2.24, 2.45) is 0 Å². The highest BCUT2D eigenvalue weighted by Gasteiger charge is 2.09. The third kappa shape index (κ3) is 2.37. The molecule has 3 nitrogen and oxygen atoms in total. The fourth-order valence-corrected chi connectivity index (χ4v) is 1.93. The van der Waals surface area contributed by atoms with Crippen molar-refractivity contribution in [3.05, 3.63) is 33.4 Å². The number of aromatic hydroxyl groups is 1. The Hall–Kier alpha value is -0.900. The second kappa shape index (κ2) is 4.31. The van der Waals surface area contributed by atoms with Crippen molar-refractivity contribution >= 4 is 29.3 Å². The summed E-state index contributed by atoms with van der Waals surface area (Å²) in [6, 6.07) is 3.19. The van der Waals surface area contributed by atoms with Crippen LogP contribution in [0.5, 0.6) is 5.75 Å². The number of phenolic OH excluding ortho intramolecular Hbond substituents is 1. The fourth-order valence-electron chi connectivity index (χ4n) is 1.42. The monoisotopic (exact) mass is 244 g/mol. The van der Waals surface area contributed by atoms with E-state index in [-0.39, 0.29) is 10.8 Å². The van der Waals surface area contributed by atoms with E-state index in [2.05, 4.69) is 10.6 Å². The summed E-state index contributed by atoms with van der Waals surface area (Å²) < 4.78 is 0. The molecule has 5 heteroatoms. The summed E-state index contributed by atoms with van der Waals surface area (Å²) in [5, 5.41) is 16.7. The molecule has 0 amide bonds. The van der Waals surface area contributed by atoms with E-state index in [0.717, 1.165) is 18.9 Å². The molecule has 1 aliphatic rings. The predicted octanol–water partition coefficient (Wildman–Crippen LogP) is 2.19. The van der Waals surface area contributed by atoms with Crippen molar-refractivity contribution in [1.82, 2.24) is 10.6 Å². The summed E-state index contributed by atoms with van der Waals surface area (Å²) in [6.45, 7) is 1.49. The third-order valence-corrected chi connectivity index (χ3v) is 2.65. The number of hydrogen-bond acceptors (Lipinski definition) is 3. The molecule has 80 valence electrons. The van der Waals surface area contributed by atoms with Crippen molar-refractivity contribution in [2.75, 3.05) is 13.2 Å². The first kappa shape index (κ1) is 10.6. The smallest absolute Gasteiger partial charge is 0.141 e. The normalized spacial score (nSPS) is 18.1. The minimum atomic E-state index is 0.0577. The molecule has 0 atom stereocenters. The number of nitrogens with one attached hydrogen (secondary N) is 2. The van der Waals surface area contributed by atoms with E-state index in [9.17, 15) is 5.11 Å². The Labute approximate surface area is 97.7 Å². The minimum absolute atomic E-state index is 0.0577. The number of halogens is 2. The Morgan fingerprint density at radius 2 is 2.13 bits per heavy atom. The van der Waals surface area contributed by atoms with Crippen LogP contribution in [0.15, 0.2) is 17.8 Å². The van der Waals surface area contributed by atoms with Gasteiger partial charge < -0.3 is 10.4 Å². The first-order chi connectivity index (χ1) is 7.16. The lowest BCUT2D eigenvalue weighted by Gasteiger charge is -2.04. The van der Waals surface area contributed by atoms with E-state index in [4.69, 9.17) is 23.2 Å². The Morgan fingerprint density at radius 3 is 2.80 bits per heavy atom. The van der Waals surface area contributed by atoms with Crippen molar-refractivity contribution in [3.8, 4) is 5.75 Å². The first-order valence-corrected chi connectivity index (χ1v) is 5.25. The number of hydrogen-bond donors (Lipinski definition) is 3. The van der Waals surface area contributed by atoms with Crippen LogP contribution in [0.1, 0.15) is 5.56 Å². The Bertz CT molecular complexity index is 410. The molecular formula is C10H10Cl2N2O. The minimum Gasteiger partial charge on any atom is -0.506 e. The van der Waals surface area contributed by atoms with Crippen LogP contribution in [0, 0.1) is 0 Å². The number of benzene rings is 1. The van der Waals surface area contributed by atoms with Gasteiger partial charge in [0.25, 0.3) is 0 Å². The van der Waals surface area contributed by atoms with Crippen LogP contribution in [0.2, 0.25) is 10.0 Å². The molecule has 0 spiro atoms. The molecule has 15 heavy (non-hydrogen) atoms. The van der Waals surface area contributed by atoms with E-state index in [1.54, 1.807) is 6.07 Å². The summed E-state index contributed by atoms with van der Waals surface area (Å²) >= 11 is 11.7. The van der Waals surface area contributed by atoms with Crippen LogP contribution in [-0.4, -0.2) is 18.3 Å². The molecular weight excluding hydrogens is 235 g/mol. The molecule has 0 radical (unpaired) electrons. The summed E-state index contributed by atoms with van der Waals surface area (Å²) in [7, 11) is 0. The van der Waals surface area contributed by atoms with E-state index < -0.39 is 0 Å². The second-order valence-electron chi connectivity index (χ2n) is 3.28. The molecule has 0 aromatic heterocycles. The average molecular weight is 245 g/mol. The van der Waals surface area contributed by atoms with E-state index >= 15 is 0 Å². The van der Waals surface area contributed by atoms with Gasteiger partial charge in [-0.3, -0.25) is 5.32 Å². The average Bonchev–Trinajstić information content (AvgIpc) is 2.66. The molecule has 1 aromatic carbocycles. The van der Waals surface area contributed by atoms with Gasteiger partial charge in [-0.2, -0.15) is 0 Å². The highest BCUT2D eigenvalue weighted by Crippen LogP contribution is 2.32. The topological polar surface area (TPSA) is 44.3 Å². The summed E-state index contributed by atoms with van der Waals surface area (Å²) in [4.78, 5) is 0. The van der Waals surface area contributed by atoms with Crippen LogP contribution >= 0.6 is 23.2 Å². The number of phenols is 1. The molecule has 0 aliphatic carbocycles. The number of rotatable bonds is 1. The molecule has 0 bridgehead atoms. The van der Waals surface area contributed by atoms with Gasteiger partial charge in [0.2, 0.25) is 0 Å². The Balaban J connectivity index is 2.39. The quantitative estimate of drug-likeness (QED) is 0.710. The molecule has 0 unspecified atom stereocenters. The van der Waals surface area contributed by atoms with Crippen LogP contribution in [0.4, 0.5) is 0 Å². The van der Waals surface area contributed by atoms with Crippen molar-refractivity contribution in [1.29, 1.82) is 0 Å². The Kier molecular flexibility index (Phi) is 3.05. The molecule has 1 heterocycles. The van der Waals surface area contributed by atoms with E-state index in [1.807, 2.05) is 6.08 Å². The molecule has 1 aliphatic heterocycles. The van der Waals surface area contributed by atoms with Gasteiger partial charge in [-0.1, -0.05) is 23.2 Å². The maximum Gasteiger partial charge on any atom is 0.141 e. The van der Waals surface area contributed by atoms with Crippen LogP contribution in [0.3, 0.4) is 0 Å². The second-order valence-corrected chi connectivity index (χ2v) is 4.12. The van der Waals surface area contributed by atoms with Crippen LogP contribution < -0.4 is 10.6 Å². The molecule has 3 N–H and O–H groups in total. The largest absolute Gasteiger partial charge is 0.506 e. The lowest BCUT2D eigenvalue weighted by atomic mass is 10.1. The lowest BCUT2D eigenvalue weighted by Crippen LogP contribution is -2.10. The first-order valence-electron chi connectivity index (χ1n) is 4.50. The molecule has 1 fully saturated rings. The highest BCUT2D eigenvalue weighted by atomic mass is 35.5. The molecule has 0 saturated carbocycles. The van der Waals surface area contributed by atoms with Gasteiger partial charge in [0.05, 0.1) is 11.7 Å². The Morgan fingerprint density at radius 1 is 1.33 bits per heavy atom. The van der Waals surface area contributed by atoms with Gasteiger partial charge >= 0.3 is 0 Å². The van der Waals surface area contributed by atoms with Crippen molar-refractivity contribution in [2.45, 2.75) is 0 Å². The van der Waals surface area contributed by atoms with Crippen molar-refractivity contribution in [3.63, 3.8) is 0 Å². The fraction of sp³-hybridized carbons (Fsp3) is 0.200. The van der Waals surface area contributed by atoms with Gasteiger partial charge in [-0.05, 0) is 18.2 Å². The van der Waals surface area contributed by atoms with E-state index in [1.165, 1.54) is 6.07 Å². The van der Waals surface area contributed by atoms with Crippen LogP contribution in [0.25, 0.3) is 6.08 Å². The standard InChI is InChI=1S/C10H10Cl2N2O/c11-7-1-6(10(15)9(12)3-7)2-8-4-13-5-14-8/h1-3,13-15H,4-5H2. The molecule has 1 aromatic rings. The zero-order valence-electron chi connectivity index (χ0n) is 7.85. The SMILES string of the molecule is Oc1c(Cl)cc(Cl)cc1C=C1CNCN1. The van der Waals surface area contributed by atoms with Gasteiger partial charge in [0.1, 0.15) is 5.75 Å². The maximum atomic E-state index is 9.70. The lowest BCUT2D eigenvalue weighted by molar-refractivity contribution is 0.474. The van der Waals surface area contributed by atoms with Crippen molar-refractivity contribution < 1.29 is 5.11 Å².